The summed E-state index contributed by atoms with van der Waals surface area (Å²) in [4.78, 5) is 34.4. The Morgan fingerprint density at radius 1 is 1.31 bits per heavy atom. The van der Waals surface area contributed by atoms with E-state index in [1.54, 1.807) is 0 Å². The van der Waals surface area contributed by atoms with Crippen LogP contribution in [0.4, 0.5) is 5.82 Å². The maximum Gasteiger partial charge on any atom is 0.306 e. The number of hydrogen-bond donors (Lipinski definition) is 4. The van der Waals surface area contributed by atoms with Crippen LogP contribution in [0.1, 0.15) is 19.1 Å². The zero-order valence-electron chi connectivity index (χ0n) is 13.4. The third-order valence-corrected chi connectivity index (χ3v) is 3.96. The van der Waals surface area contributed by atoms with Crippen molar-refractivity contribution in [2.75, 3.05) is 12.3 Å². The molecule has 5 N–H and O–H groups in total. The summed E-state index contributed by atoms with van der Waals surface area (Å²) in [6, 6.07) is 0. The number of carboxylic acids is 1. The molecule has 1 aliphatic heterocycles. The second-order valence-corrected chi connectivity index (χ2v) is 5.67. The second-order valence-electron chi connectivity index (χ2n) is 5.67. The number of aliphatic hydroxyl groups is 2. The predicted molar refractivity (Wildman–Crippen MR) is 83.5 cm³/mol. The van der Waals surface area contributed by atoms with Crippen LogP contribution in [0.25, 0.3) is 11.2 Å². The van der Waals surface area contributed by atoms with Crippen molar-refractivity contribution in [1.29, 1.82) is 0 Å². The van der Waals surface area contributed by atoms with E-state index in [9.17, 15) is 19.8 Å². The third kappa shape index (κ3) is 3.29. The van der Waals surface area contributed by atoms with Gasteiger partial charge in [0, 0.05) is 0 Å². The number of nitrogens with zero attached hydrogens (tertiary/aromatic N) is 4. The van der Waals surface area contributed by atoms with Gasteiger partial charge in [0.25, 0.3) is 0 Å². The summed E-state index contributed by atoms with van der Waals surface area (Å²) in [6.45, 7) is -0.509. The van der Waals surface area contributed by atoms with E-state index < -0.39 is 49.5 Å². The van der Waals surface area contributed by atoms with Gasteiger partial charge in [-0.3, -0.25) is 14.2 Å². The lowest BCUT2D eigenvalue weighted by molar-refractivity contribution is -0.160. The monoisotopic (exact) mass is 367 g/mol. The number of imidazole rings is 1. The minimum absolute atomic E-state index is 0.140. The minimum atomic E-state index is -1.32. The summed E-state index contributed by atoms with van der Waals surface area (Å²) in [6.07, 6.45) is -2.77. The molecule has 12 nitrogen and oxygen atoms in total. The van der Waals surface area contributed by atoms with Gasteiger partial charge >= 0.3 is 11.9 Å². The molecule has 0 saturated carbocycles. The molecular formula is C14H17N5O7. The molecule has 0 unspecified atom stereocenters. The molecule has 0 bridgehead atoms. The molecule has 0 aliphatic carbocycles. The SMILES string of the molecule is Nc1ncnc2c1ncn2[C@@H]1O[C@H](CO)[C@@H](O)[C@@H]1OC(=O)CCC(=O)O. The van der Waals surface area contributed by atoms with Gasteiger partial charge in [0.1, 0.15) is 24.1 Å². The van der Waals surface area contributed by atoms with E-state index in [1.807, 2.05) is 0 Å². The van der Waals surface area contributed by atoms with Crippen LogP contribution in [-0.4, -0.2) is 71.7 Å². The van der Waals surface area contributed by atoms with Crippen LogP contribution < -0.4 is 5.73 Å². The van der Waals surface area contributed by atoms with Gasteiger partial charge in [0.15, 0.2) is 23.8 Å². The van der Waals surface area contributed by atoms with Crippen molar-refractivity contribution < 1.29 is 34.4 Å². The Hall–Kier alpha value is -2.83. The van der Waals surface area contributed by atoms with E-state index >= 15 is 0 Å². The first kappa shape index (κ1) is 18.0. The molecule has 1 aliphatic rings. The topological polar surface area (TPSA) is 183 Å². The number of ether oxygens (including phenoxy) is 2. The number of nitrogens with two attached hydrogens (primary N) is 1. The number of esters is 1. The van der Waals surface area contributed by atoms with Crippen LogP contribution in [0.2, 0.25) is 0 Å². The molecule has 0 aromatic carbocycles. The average Bonchev–Trinajstić information content (AvgIpc) is 3.16. The fraction of sp³-hybridized carbons (Fsp3) is 0.500. The maximum atomic E-state index is 11.9. The second kappa shape index (κ2) is 7.19. The van der Waals surface area contributed by atoms with Crippen molar-refractivity contribution in [3.8, 4) is 0 Å². The number of nitrogen functional groups attached to an aromatic ring is 1. The first-order valence-electron chi connectivity index (χ1n) is 7.71. The number of carbonyl (C=O) groups excluding carboxylic acids is 1. The smallest absolute Gasteiger partial charge is 0.306 e. The minimum Gasteiger partial charge on any atom is -0.481 e. The molecule has 0 amide bonds. The number of rotatable bonds is 6. The number of hydrogen-bond acceptors (Lipinski definition) is 10. The molecular weight excluding hydrogens is 350 g/mol. The van der Waals surface area contributed by atoms with Gasteiger partial charge in [-0.05, 0) is 0 Å². The highest BCUT2D eigenvalue weighted by atomic mass is 16.6. The van der Waals surface area contributed by atoms with Crippen LogP contribution in [0.15, 0.2) is 12.7 Å². The lowest BCUT2D eigenvalue weighted by Crippen LogP contribution is -2.37. The maximum absolute atomic E-state index is 11.9. The van der Waals surface area contributed by atoms with E-state index in [0.717, 1.165) is 0 Å². The molecule has 140 valence electrons. The predicted octanol–water partition coefficient (Wildman–Crippen LogP) is -1.56. The van der Waals surface area contributed by atoms with Crippen LogP contribution in [-0.2, 0) is 19.1 Å². The molecule has 1 saturated heterocycles. The Morgan fingerprint density at radius 3 is 2.77 bits per heavy atom. The zero-order chi connectivity index (χ0) is 18.8. The van der Waals surface area contributed by atoms with Gasteiger partial charge in [-0.1, -0.05) is 0 Å². The summed E-state index contributed by atoms with van der Waals surface area (Å²) < 4.78 is 12.2. The highest BCUT2D eigenvalue weighted by Gasteiger charge is 2.47. The molecule has 26 heavy (non-hydrogen) atoms. The Morgan fingerprint density at radius 2 is 2.08 bits per heavy atom. The summed E-state index contributed by atoms with van der Waals surface area (Å²) in [5, 5.41) is 28.3. The van der Waals surface area contributed by atoms with Crippen molar-refractivity contribution in [3.63, 3.8) is 0 Å². The molecule has 12 heteroatoms. The number of carboxylic acid groups (broad SMARTS) is 1. The molecule has 4 atom stereocenters. The lowest BCUT2D eigenvalue weighted by atomic mass is 10.1. The Labute approximate surface area is 146 Å². The van der Waals surface area contributed by atoms with E-state index in [4.69, 9.17) is 20.3 Å². The number of fused-ring (bicyclic) bond motifs is 1. The van der Waals surface area contributed by atoms with Gasteiger partial charge in [0.2, 0.25) is 0 Å². The average molecular weight is 367 g/mol. The molecule has 0 spiro atoms. The van der Waals surface area contributed by atoms with E-state index in [-0.39, 0.29) is 12.2 Å². The van der Waals surface area contributed by atoms with Gasteiger partial charge in [-0.15, -0.1) is 0 Å². The Bertz CT molecular complexity index is 825. The number of aliphatic carboxylic acids is 1. The molecule has 3 rings (SSSR count). The van der Waals surface area contributed by atoms with E-state index in [1.165, 1.54) is 17.2 Å². The number of aliphatic hydroxyl groups excluding tert-OH is 2. The normalized spacial score (nSPS) is 25.5. The fourth-order valence-electron chi connectivity index (χ4n) is 2.70. The van der Waals surface area contributed by atoms with Gasteiger partial charge in [-0.2, -0.15) is 0 Å². The van der Waals surface area contributed by atoms with Crippen molar-refractivity contribution in [1.82, 2.24) is 19.5 Å². The van der Waals surface area contributed by atoms with E-state index in [2.05, 4.69) is 15.0 Å². The van der Waals surface area contributed by atoms with Gasteiger partial charge < -0.3 is 30.5 Å². The van der Waals surface area contributed by atoms with E-state index in [0.29, 0.717) is 11.2 Å². The molecule has 2 aromatic rings. The number of carbonyl (C=O) groups is 2. The number of anilines is 1. The standard InChI is InChI=1S/C14H17N5O7/c15-12-9-13(17-4-16-12)19(5-18-9)14-11(10(24)6(3-20)25-14)26-8(23)2-1-7(21)22/h4-6,10-11,14,20,24H,1-3H2,(H,21,22)(H2,15,16,17)/t6-,10-,11+,14-/m1/s1. The Balaban J connectivity index is 1.88. The summed E-state index contributed by atoms with van der Waals surface area (Å²) in [5.41, 5.74) is 6.33. The largest absolute Gasteiger partial charge is 0.481 e. The van der Waals surface area contributed by atoms with Crippen LogP contribution in [0.5, 0.6) is 0 Å². The van der Waals surface area contributed by atoms with Gasteiger partial charge in [0.05, 0.1) is 25.8 Å². The highest BCUT2D eigenvalue weighted by Crippen LogP contribution is 2.34. The molecule has 3 heterocycles. The highest BCUT2D eigenvalue weighted by molar-refractivity contribution is 5.81. The Kier molecular flexibility index (Phi) is 4.97. The van der Waals surface area contributed by atoms with Crippen molar-refractivity contribution in [2.24, 2.45) is 0 Å². The first-order valence-corrected chi connectivity index (χ1v) is 7.71. The van der Waals surface area contributed by atoms with Crippen LogP contribution in [0.3, 0.4) is 0 Å². The lowest BCUT2D eigenvalue weighted by Gasteiger charge is -2.21. The number of aromatic nitrogens is 4. The summed E-state index contributed by atoms with van der Waals surface area (Å²) >= 11 is 0. The third-order valence-electron chi connectivity index (χ3n) is 3.96. The van der Waals surface area contributed by atoms with Crippen LogP contribution >= 0.6 is 0 Å². The van der Waals surface area contributed by atoms with Crippen molar-refractivity contribution in [2.45, 2.75) is 37.4 Å². The first-order chi connectivity index (χ1) is 12.4. The van der Waals surface area contributed by atoms with Crippen LogP contribution in [0, 0.1) is 0 Å². The molecule has 0 radical (unpaired) electrons. The van der Waals surface area contributed by atoms with Crippen molar-refractivity contribution >= 4 is 28.9 Å². The summed E-state index contributed by atoms with van der Waals surface area (Å²) in [7, 11) is 0. The zero-order valence-corrected chi connectivity index (χ0v) is 13.4. The molecule has 1 fully saturated rings. The molecule has 2 aromatic heterocycles. The quantitative estimate of drug-likeness (QED) is 0.433. The van der Waals surface area contributed by atoms with Crippen molar-refractivity contribution in [3.05, 3.63) is 12.7 Å². The van der Waals surface area contributed by atoms with Gasteiger partial charge in [-0.25, -0.2) is 15.0 Å². The summed E-state index contributed by atoms with van der Waals surface area (Å²) in [5.74, 6) is -1.83. The fourth-order valence-corrected chi connectivity index (χ4v) is 2.70.